The first-order valence-electron chi connectivity index (χ1n) is 4.21. The first-order valence-corrected chi connectivity index (χ1v) is 4.21. The Labute approximate surface area is 77.3 Å². The molecule has 0 aliphatic carbocycles. The molecule has 0 fully saturated rings. The fraction of sp³-hybridized carbons (Fsp3) is 0.400. The average molecular weight is 182 g/mol. The Hall–Kier alpha value is -1.06. The highest BCUT2D eigenvalue weighted by Gasteiger charge is 2.07. The summed E-state index contributed by atoms with van der Waals surface area (Å²) in [5, 5.41) is 27.2. The Bertz CT molecular complexity index is 283. The van der Waals surface area contributed by atoms with Crippen molar-refractivity contribution >= 4 is 0 Å². The predicted octanol–water partition coefficient (Wildman–Crippen LogP) is 0.596. The van der Waals surface area contributed by atoms with Crippen LogP contribution >= 0.6 is 0 Å². The van der Waals surface area contributed by atoms with E-state index >= 15 is 0 Å². The summed E-state index contributed by atoms with van der Waals surface area (Å²) in [6, 6.07) is 5.19. The highest BCUT2D eigenvalue weighted by molar-refractivity contribution is 5.36. The van der Waals surface area contributed by atoms with Crippen LogP contribution < -0.4 is 0 Å². The predicted molar refractivity (Wildman–Crippen MR) is 49.6 cm³/mol. The van der Waals surface area contributed by atoms with E-state index in [1.54, 1.807) is 18.2 Å². The monoisotopic (exact) mass is 182 g/mol. The van der Waals surface area contributed by atoms with Gasteiger partial charge in [-0.05, 0) is 18.6 Å². The Morgan fingerprint density at radius 3 is 2.69 bits per heavy atom. The molecule has 0 heterocycles. The molecule has 0 saturated carbocycles. The smallest absolute Gasteiger partial charge is 0.118 e. The maximum atomic E-state index is 9.39. The van der Waals surface area contributed by atoms with Gasteiger partial charge in [0, 0.05) is 6.42 Å². The minimum absolute atomic E-state index is 0.165. The van der Waals surface area contributed by atoms with Gasteiger partial charge in [-0.1, -0.05) is 17.7 Å². The summed E-state index contributed by atoms with van der Waals surface area (Å²) in [5.41, 5.74) is 1.69. The zero-order valence-electron chi connectivity index (χ0n) is 7.57. The fourth-order valence-electron chi connectivity index (χ4n) is 1.20. The van der Waals surface area contributed by atoms with E-state index in [1.807, 2.05) is 6.92 Å². The molecule has 0 spiro atoms. The lowest BCUT2D eigenvalue weighted by Gasteiger charge is -2.09. The van der Waals surface area contributed by atoms with Crippen molar-refractivity contribution in [1.29, 1.82) is 0 Å². The SMILES string of the molecule is Cc1ccc(O)c(CC(O)CO)c1. The number of hydrogen-bond donors (Lipinski definition) is 3. The van der Waals surface area contributed by atoms with E-state index < -0.39 is 6.10 Å². The molecule has 0 aromatic heterocycles. The van der Waals surface area contributed by atoms with Crippen LogP contribution in [0.1, 0.15) is 11.1 Å². The lowest BCUT2D eigenvalue weighted by Crippen LogP contribution is -2.15. The zero-order chi connectivity index (χ0) is 9.84. The average Bonchev–Trinajstić information content (AvgIpc) is 2.11. The molecule has 0 saturated heterocycles. The number of phenols is 1. The Morgan fingerprint density at radius 1 is 1.38 bits per heavy atom. The number of aromatic hydroxyl groups is 1. The standard InChI is InChI=1S/C10H14O3/c1-7-2-3-10(13)8(4-7)5-9(12)6-11/h2-4,9,11-13H,5-6H2,1H3. The van der Waals surface area contributed by atoms with Crippen LogP contribution in [0.2, 0.25) is 0 Å². The number of rotatable bonds is 3. The van der Waals surface area contributed by atoms with E-state index in [0.717, 1.165) is 5.56 Å². The maximum Gasteiger partial charge on any atom is 0.118 e. The second-order valence-electron chi connectivity index (χ2n) is 3.17. The van der Waals surface area contributed by atoms with Crippen molar-refractivity contribution in [3.8, 4) is 5.75 Å². The quantitative estimate of drug-likeness (QED) is 0.641. The maximum absolute atomic E-state index is 9.39. The second kappa shape index (κ2) is 4.25. The van der Waals surface area contributed by atoms with Gasteiger partial charge >= 0.3 is 0 Å². The van der Waals surface area contributed by atoms with Crippen molar-refractivity contribution in [3.05, 3.63) is 29.3 Å². The molecule has 0 aliphatic rings. The molecule has 1 aromatic rings. The van der Waals surface area contributed by atoms with Crippen molar-refractivity contribution in [2.24, 2.45) is 0 Å². The molecule has 0 amide bonds. The number of aliphatic hydroxyl groups excluding tert-OH is 2. The van der Waals surface area contributed by atoms with Gasteiger partial charge < -0.3 is 15.3 Å². The minimum atomic E-state index is -0.798. The van der Waals surface area contributed by atoms with Crippen molar-refractivity contribution in [1.82, 2.24) is 0 Å². The molecule has 3 nitrogen and oxygen atoms in total. The Morgan fingerprint density at radius 2 is 2.08 bits per heavy atom. The molecule has 1 aromatic carbocycles. The van der Waals surface area contributed by atoms with Gasteiger partial charge in [0.05, 0.1) is 12.7 Å². The summed E-state index contributed by atoms with van der Waals surface area (Å²) >= 11 is 0. The van der Waals surface area contributed by atoms with Gasteiger partial charge in [-0.3, -0.25) is 0 Å². The number of aliphatic hydroxyl groups is 2. The third kappa shape index (κ3) is 2.72. The van der Waals surface area contributed by atoms with Crippen LogP contribution in [0.4, 0.5) is 0 Å². The molecule has 1 unspecified atom stereocenters. The van der Waals surface area contributed by atoms with E-state index in [9.17, 15) is 5.11 Å². The topological polar surface area (TPSA) is 60.7 Å². The molecule has 72 valence electrons. The first-order chi connectivity index (χ1) is 6.13. The van der Waals surface area contributed by atoms with Crippen molar-refractivity contribution in [2.45, 2.75) is 19.4 Å². The summed E-state index contributed by atoms with van der Waals surface area (Å²) in [5.74, 6) is 0.165. The summed E-state index contributed by atoms with van der Waals surface area (Å²) in [6.45, 7) is 1.63. The number of phenolic OH excluding ortho intramolecular Hbond substituents is 1. The number of benzene rings is 1. The molecular formula is C10H14O3. The molecule has 3 heteroatoms. The molecule has 1 rings (SSSR count). The van der Waals surface area contributed by atoms with Crippen molar-refractivity contribution in [2.75, 3.05) is 6.61 Å². The second-order valence-corrected chi connectivity index (χ2v) is 3.17. The Kier molecular flexibility index (Phi) is 3.28. The number of hydrogen-bond acceptors (Lipinski definition) is 3. The summed E-state index contributed by atoms with van der Waals surface area (Å²) in [4.78, 5) is 0. The fourth-order valence-corrected chi connectivity index (χ4v) is 1.20. The van der Waals surface area contributed by atoms with E-state index in [0.29, 0.717) is 5.56 Å². The van der Waals surface area contributed by atoms with Crippen LogP contribution in [-0.2, 0) is 6.42 Å². The van der Waals surface area contributed by atoms with Gasteiger partial charge in [0.15, 0.2) is 0 Å². The van der Waals surface area contributed by atoms with E-state index in [1.165, 1.54) is 0 Å². The summed E-state index contributed by atoms with van der Waals surface area (Å²) < 4.78 is 0. The van der Waals surface area contributed by atoms with E-state index in [2.05, 4.69) is 0 Å². The highest BCUT2D eigenvalue weighted by atomic mass is 16.3. The molecular weight excluding hydrogens is 168 g/mol. The largest absolute Gasteiger partial charge is 0.508 e. The minimum Gasteiger partial charge on any atom is -0.508 e. The first kappa shape index (κ1) is 10.0. The number of aryl methyl sites for hydroxylation is 1. The van der Waals surface area contributed by atoms with Gasteiger partial charge in [0.1, 0.15) is 5.75 Å². The molecule has 3 N–H and O–H groups in total. The van der Waals surface area contributed by atoms with Crippen LogP contribution in [0, 0.1) is 6.92 Å². The van der Waals surface area contributed by atoms with Gasteiger partial charge in [0.2, 0.25) is 0 Å². The van der Waals surface area contributed by atoms with Gasteiger partial charge in [-0.2, -0.15) is 0 Å². The van der Waals surface area contributed by atoms with Crippen LogP contribution in [0.3, 0.4) is 0 Å². The van der Waals surface area contributed by atoms with Gasteiger partial charge in [0.25, 0.3) is 0 Å². The van der Waals surface area contributed by atoms with Crippen molar-refractivity contribution in [3.63, 3.8) is 0 Å². The lowest BCUT2D eigenvalue weighted by molar-refractivity contribution is 0.0950. The summed E-state index contributed by atoms with van der Waals surface area (Å²) in [7, 11) is 0. The van der Waals surface area contributed by atoms with E-state index in [4.69, 9.17) is 10.2 Å². The van der Waals surface area contributed by atoms with Crippen LogP contribution in [0.15, 0.2) is 18.2 Å². The molecule has 0 radical (unpaired) electrons. The van der Waals surface area contributed by atoms with Crippen LogP contribution in [0.5, 0.6) is 5.75 Å². The molecule has 1 atom stereocenters. The highest BCUT2D eigenvalue weighted by Crippen LogP contribution is 2.19. The van der Waals surface area contributed by atoms with Crippen molar-refractivity contribution < 1.29 is 15.3 Å². The third-order valence-electron chi connectivity index (χ3n) is 1.90. The van der Waals surface area contributed by atoms with E-state index in [-0.39, 0.29) is 18.8 Å². The third-order valence-corrected chi connectivity index (χ3v) is 1.90. The molecule has 13 heavy (non-hydrogen) atoms. The van der Waals surface area contributed by atoms with Crippen LogP contribution in [0.25, 0.3) is 0 Å². The normalized spacial score (nSPS) is 12.8. The van der Waals surface area contributed by atoms with Gasteiger partial charge in [-0.25, -0.2) is 0 Å². The van der Waals surface area contributed by atoms with Gasteiger partial charge in [-0.15, -0.1) is 0 Å². The lowest BCUT2D eigenvalue weighted by atomic mass is 10.0. The Balaban J connectivity index is 2.81. The molecule has 0 aliphatic heterocycles. The summed E-state index contributed by atoms with van der Waals surface area (Å²) in [6.07, 6.45) is -0.517. The zero-order valence-corrected chi connectivity index (χ0v) is 7.57. The van der Waals surface area contributed by atoms with Crippen LogP contribution in [-0.4, -0.2) is 28.0 Å². The molecule has 0 bridgehead atoms.